The number of rotatable bonds is 3. The minimum absolute atomic E-state index is 0.0923. The number of anilines is 1. The Kier molecular flexibility index (Phi) is 4.16. The Morgan fingerprint density at radius 2 is 2.11 bits per heavy atom. The Bertz CT molecular complexity index is 486. The minimum atomic E-state index is -0.466. The Labute approximate surface area is 111 Å². The SMILES string of the molecule is COC(=O)c1ccccc1NC(=O)C1CCOC1C. The molecule has 1 N–H and O–H groups in total. The summed E-state index contributed by atoms with van der Waals surface area (Å²) in [5.41, 5.74) is 0.823. The lowest BCUT2D eigenvalue weighted by Crippen LogP contribution is -2.28. The van der Waals surface area contributed by atoms with E-state index in [0.29, 0.717) is 24.3 Å². The summed E-state index contributed by atoms with van der Waals surface area (Å²) in [5.74, 6) is -0.765. The van der Waals surface area contributed by atoms with Gasteiger partial charge in [0.2, 0.25) is 5.91 Å². The first-order valence-electron chi connectivity index (χ1n) is 6.23. The molecule has 1 aliphatic heterocycles. The number of carbonyl (C=O) groups is 2. The number of ether oxygens (including phenoxy) is 2. The van der Waals surface area contributed by atoms with Crippen LogP contribution in [0.3, 0.4) is 0 Å². The van der Waals surface area contributed by atoms with Crippen LogP contribution in [0.25, 0.3) is 0 Å². The van der Waals surface area contributed by atoms with Crippen molar-refractivity contribution in [3.05, 3.63) is 29.8 Å². The van der Waals surface area contributed by atoms with E-state index in [0.717, 1.165) is 0 Å². The molecule has 0 bridgehead atoms. The van der Waals surface area contributed by atoms with Crippen LogP contribution in [-0.2, 0) is 14.3 Å². The molecule has 2 atom stereocenters. The molecule has 102 valence electrons. The monoisotopic (exact) mass is 263 g/mol. The maximum Gasteiger partial charge on any atom is 0.339 e. The Morgan fingerprint density at radius 3 is 2.74 bits per heavy atom. The van der Waals surface area contributed by atoms with E-state index in [2.05, 4.69) is 5.32 Å². The Morgan fingerprint density at radius 1 is 1.37 bits per heavy atom. The number of amides is 1. The maximum absolute atomic E-state index is 12.1. The zero-order valence-electron chi connectivity index (χ0n) is 11.0. The molecule has 1 aromatic carbocycles. The first-order chi connectivity index (χ1) is 9.13. The van der Waals surface area contributed by atoms with Crippen LogP contribution >= 0.6 is 0 Å². The molecular weight excluding hydrogens is 246 g/mol. The van der Waals surface area contributed by atoms with Crippen LogP contribution in [0.1, 0.15) is 23.7 Å². The highest BCUT2D eigenvalue weighted by Gasteiger charge is 2.31. The topological polar surface area (TPSA) is 64.6 Å². The molecule has 0 aromatic heterocycles. The number of hydrogen-bond donors (Lipinski definition) is 1. The zero-order chi connectivity index (χ0) is 13.8. The van der Waals surface area contributed by atoms with E-state index in [-0.39, 0.29) is 17.9 Å². The smallest absolute Gasteiger partial charge is 0.339 e. The van der Waals surface area contributed by atoms with Gasteiger partial charge in [0, 0.05) is 6.61 Å². The number of carbonyl (C=O) groups excluding carboxylic acids is 2. The van der Waals surface area contributed by atoms with Crippen molar-refractivity contribution in [1.82, 2.24) is 0 Å². The molecular formula is C14H17NO4. The average Bonchev–Trinajstić information content (AvgIpc) is 2.85. The van der Waals surface area contributed by atoms with Gasteiger partial charge in [0.25, 0.3) is 0 Å². The van der Waals surface area contributed by atoms with Gasteiger partial charge in [-0.15, -0.1) is 0 Å². The highest BCUT2D eigenvalue weighted by molar-refractivity contribution is 6.02. The van der Waals surface area contributed by atoms with Gasteiger partial charge >= 0.3 is 5.97 Å². The predicted octanol–water partition coefficient (Wildman–Crippen LogP) is 1.84. The van der Waals surface area contributed by atoms with Crippen molar-refractivity contribution in [2.75, 3.05) is 19.0 Å². The highest BCUT2D eigenvalue weighted by atomic mass is 16.5. The molecule has 2 rings (SSSR count). The van der Waals surface area contributed by atoms with E-state index in [9.17, 15) is 9.59 Å². The number of nitrogens with one attached hydrogen (secondary N) is 1. The fourth-order valence-electron chi connectivity index (χ4n) is 2.18. The number of esters is 1. The normalized spacial score (nSPS) is 22.0. The highest BCUT2D eigenvalue weighted by Crippen LogP contribution is 2.23. The third-order valence-electron chi connectivity index (χ3n) is 3.30. The fourth-order valence-corrected chi connectivity index (χ4v) is 2.18. The third kappa shape index (κ3) is 2.93. The molecule has 0 spiro atoms. The van der Waals surface area contributed by atoms with Crippen LogP contribution in [0.2, 0.25) is 0 Å². The van der Waals surface area contributed by atoms with E-state index >= 15 is 0 Å². The second-order valence-corrected chi connectivity index (χ2v) is 4.50. The molecule has 1 fully saturated rings. The van der Waals surface area contributed by atoms with Crippen LogP contribution in [0.4, 0.5) is 5.69 Å². The lowest BCUT2D eigenvalue weighted by atomic mass is 10.0. The van der Waals surface area contributed by atoms with Crippen molar-refractivity contribution in [3.63, 3.8) is 0 Å². The lowest BCUT2D eigenvalue weighted by Gasteiger charge is -2.15. The largest absolute Gasteiger partial charge is 0.465 e. The first kappa shape index (κ1) is 13.5. The van der Waals surface area contributed by atoms with Crippen molar-refractivity contribution in [3.8, 4) is 0 Å². The first-order valence-corrected chi connectivity index (χ1v) is 6.23. The van der Waals surface area contributed by atoms with Gasteiger partial charge in [0.15, 0.2) is 0 Å². The van der Waals surface area contributed by atoms with Crippen molar-refractivity contribution >= 4 is 17.6 Å². The van der Waals surface area contributed by atoms with Gasteiger partial charge in [-0.05, 0) is 25.5 Å². The lowest BCUT2D eigenvalue weighted by molar-refractivity contribution is -0.121. The van der Waals surface area contributed by atoms with E-state index in [1.54, 1.807) is 24.3 Å². The minimum Gasteiger partial charge on any atom is -0.465 e. The summed E-state index contributed by atoms with van der Waals surface area (Å²) in [7, 11) is 1.31. The van der Waals surface area contributed by atoms with Crippen LogP contribution < -0.4 is 5.32 Å². The van der Waals surface area contributed by atoms with Gasteiger partial charge in [-0.1, -0.05) is 12.1 Å². The molecule has 0 saturated carbocycles. The van der Waals surface area contributed by atoms with E-state index in [4.69, 9.17) is 9.47 Å². The van der Waals surface area contributed by atoms with E-state index in [1.807, 2.05) is 6.92 Å². The van der Waals surface area contributed by atoms with Crippen molar-refractivity contribution in [1.29, 1.82) is 0 Å². The second kappa shape index (κ2) is 5.84. The van der Waals surface area contributed by atoms with E-state index in [1.165, 1.54) is 7.11 Å². The van der Waals surface area contributed by atoms with Crippen molar-refractivity contribution in [2.24, 2.45) is 5.92 Å². The number of methoxy groups -OCH3 is 1. The summed E-state index contributed by atoms with van der Waals surface area (Å²) >= 11 is 0. The van der Waals surface area contributed by atoms with Crippen molar-refractivity contribution < 1.29 is 19.1 Å². The number of para-hydroxylation sites is 1. The number of hydrogen-bond acceptors (Lipinski definition) is 4. The molecule has 1 aliphatic rings. The molecule has 1 heterocycles. The summed E-state index contributed by atoms with van der Waals surface area (Å²) in [6, 6.07) is 6.79. The molecule has 1 amide bonds. The van der Waals surface area contributed by atoms with Crippen molar-refractivity contribution in [2.45, 2.75) is 19.4 Å². The van der Waals surface area contributed by atoms with Gasteiger partial charge in [0.05, 0.1) is 30.4 Å². The van der Waals surface area contributed by atoms with E-state index < -0.39 is 5.97 Å². The molecule has 1 saturated heterocycles. The second-order valence-electron chi connectivity index (χ2n) is 4.50. The van der Waals surface area contributed by atoms with Gasteiger partial charge < -0.3 is 14.8 Å². The fraction of sp³-hybridized carbons (Fsp3) is 0.429. The van der Waals surface area contributed by atoms with Crippen LogP contribution in [0.15, 0.2) is 24.3 Å². The Balaban J connectivity index is 2.14. The summed E-state index contributed by atoms with van der Waals surface area (Å²) in [4.78, 5) is 23.7. The summed E-state index contributed by atoms with van der Waals surface area (Å²) in [5, 5.41) is 2.78. The number of benzene rings is 1. The summed E-state index contributed by atoms with van der Waals surface area (Å²) < 4.78 is 10.1. The van der Waals surface area contributed by atoms with Crippen LogP contribution in [0, 0.1) is 5.92 Å². The predicted molar refractivity (Wildman–Crippen MR) is 69.9 cm³/mol. The van der Waals surface area contributed by atoms with Crippen LogP contribution in [-0.4, -0.2) is 31.7 Å². The van der Waals surface area contributed by atoms with Gasteiger partial charge in [-0.3, -0.25) is 4.79 Å². The van der Waals surface area contributed by atoms with Crippen LogP contribution in [0.5, 0.6) is 0 Å². The van der Waals surface area contributed by atoms with Gasteiger partial charge in [0.1, 0.15) is 0 Å². The molecule has 0 radical (unpaired) electrons. The molecule has 0 aliphatic carbocycles. The zero-order valence-corrected chi connectivity index (χ0v) is 11.0. The molecule has 19 heavy (non-hydrogen) atoms. The molecule has 5 heteroatoms. The Hall–Kier alpha value is -1.88. The van der Waals surface area contributed by atoms with Gasteiger partial charge in [-0.25, -0.2) is 4.79 Å². The summed E-state index contributed by atoms with van der Waals surface area (Å²) in [6.45, 7) is 2.47. The standard InChI is InChI=1S/C14H17NO4/c1-9-10(7-8-19-9)13(16)15-12-6-4-3-5-11(12)14(17)18-2/h3-6,9-10H,7-8H2,1-2H3,(H,15,16). The van der Waals surface area contributed by atoms with Gasteiger partial charge in [-0.2, -0.15) is 0 Å². The molecule has 5 nitrogen and oxygen atoms in total. The quantitative estimate of drug-likeness (QED) is 0.845. The molecule has 1 aromatic rings. The third-order valence-corrected chi connectivity index (χ3v) is 3.30. The summed E-state index contributed by atoms with van der Waals surface area (Å²) in [6.07, 6.45) is 0.609. The maximum atomic E-state index is 12.1. The average molecular weight is 263 g/mol. The molecule has 2 unspecified atom stereocenters.